The van der Waals surface area contributed by atoms with Crippen LogP contribution in [0.2, 0.25) is 0 Å². The number of benzene rings is 1. The Morgan fingerprint density at radius 3 is 2.55 bits per heavy atom. The number of halogens is 3. The Hall–Kier alpha value is -2.73. The van der Waals surface area contributed by atoms with E-state index in [1.54, 1.807) is 0 Å². The SMILES string of the molecule is O=C(Nc1cc(S(=O)(=O)N2CCCC2)ccc1OCC(F)(F)F)c1cnccn1. The molecular weight excluding hydrogens is 413 g/mol. The molecule has 0 aliphatic carbocycles. The van der Waals surface area contributed by atoms with Crippen LogP contribution in [0.25, 0.3) is 0 Å². The highest BCUT2D eigenvalue weighted by Crippen LogP contribution is 2.31. The molecule has 1 aliphatic rings. The maximum Gasteiger partial charge on any atom is 0.422 e. The van der Waals surface area contributed by atoms with Crippen LogP contribution >= 0.6 is 0 Å². The van der Waals surface area contributed by atoms with Crippen LogP contribution in [-0.2, 0) is 10.0 Å². The summed E-state index contributed by atoms with van der Waals surface area (Å²) in [5.41, 5.74) is -0.313. The van der Waals surface area contributed by atoms with E-state index >= 15 is 0 Å². The lowest BCUT2D eigenvalue weighted by Crippen LogP contribution is -2.28. The number of alkyl halides is 3. The zero-order valence-electron chi connectivity index (χ0n) is 15.0. The van der Waals surface area contributed by atoms with Crippen molar-refractivity contribution in [1.29, 1.82) is 0 Å². The third-order valence-electron chi connectivity index (χ3n) is 4.09. The molecule has 0 saturated carbocycles. The first-order chi connectivity index (χ1) is 13.7. The summed E-state index contributed by atoms with van der Waals surface area (Å²) < 4.78 is 69.1. The Kier molecular flexibility index (Phi) is 6.03. The molecule has 1 aromatic carbocycles. The third-order valence-corrected chi connectivity index (χ3v) is 5.98. The first-order valence-electron chi connectivity index (χ1n) is 8.58. The highest BCUT2D eigenvalue weighted by molar-refractivity contribution is 7.89. The molecule has 12 heteroatoms. The summed E-state index contributed by atoms with van der Waals surface area (Å²) in [6.45, 7) is -0.884. The van der Waals surface area contributed by atoms with Crippen molar-refractivity contribution in [2.45, 2.75) is 23.9 Å². The van der Waals surface area contributed by atoms with E-state index < -0.39 is 28.7 Å². The van der Waals surface area contributed by atoms with Gasteiger partial charge in [0, 0.05) is 25.5 Å². The van der Waals surface area contributed by atoms with Gasteiger partial charge in [0.1, 0.15) is 11.4 Å². The molecule has 1 aliphatic heterocycles. The summed E-state index contributed by atoms with van der Waals surface area (Å²) in [6.07, 6.45) is 0.621. The number of ether oxygens (including phenoxy) is 1. The molecule has 2 aromatic rings. The molecule has 0 unspecified atom stereocenters. The first kappa shape index (κ1) is 21.0. The predicted molar refractivity (Wildman–Crippen MR) is 96.0 cm³/mol. The van der Waals surface area contributed by atoms with Gasteiger partial charge in [-0.05, 0) is 31.0 Å². The van der Waals surface area contributed by atoms with Gasteiger partial charge in [0.05, 0.1) is 16.8 Å². The van der Waals surface area contributed by atoms with E-state index in [0.29, 0.717) is 13.1 Å². The molecule has 1 fully saturated rings. The van der Waals surface area contributed by atoms with Gasteiger partial charge in [-0.25, -0.2) is 13.4 Å². The Labute approximate surface area is 164 Å². The van der Waals surface area contributed by atoms with Gasteiger partial charge in [0.2, 0.25) is 10.0 Å². The van der Waals surface area contributed by atoms with Crippen LogP contribution in [0.4, 0.5) is 18.9 Å². The van der Waals surface area contributed by atoms with Crippen LogP contribution < -0.4 is 10.1 Å². The minimum Gasteiger partial charge on any atom is -0.482 e. The fraction of sp³-hybridized carbons (Fsp3) is 0.353. The summed E-state index contributed by atoms with van der Waals surface area (Å²) in [7, 11) is -3.85. The third kappa shape index (κ3) is 5.21. The van der Waals surface area contributed by atoms with Crippen molar-refractivity contribution >= 4 is 21.6 Å². The molecule has 156 valence electrons. The second-order valence-corrected chi connectivity index (χ2v) is 8.16. The summed E-state index contributed by atoms with van der Waals surface area (Å²) in [6, 6.07) is 3.31. The van der Waals surface area contributed by atoms with Crippen LogP contribution in [0.5, 0.6) is 5.75 Å². The molecule has 0 atom stereocenters. The smallest absolute Gasteiger partial charge is 0.422 e. The number of rotatable bonds is 6. The van der Waals surface area contributed by atoms with Gasteiger partial charge in [0.15, 0.2) is 6.61 Å². The topological polar surface area (TPSA) is 101 Å². The number of carbonyl (C=O) groups is 1. The zero-order valence-corrected chi connectivity index (χ0v) is 15.8. The van der Waals surface area contributed by atoms with Crippen LogP contribution in [-0.4, -0.2) is 54.5 Å². The van der Waals surface area contributed by atoms with Gasteiger partial charge >= 0.3 is 6.18 Å². The molecule has 0 radical (unpaired) electrons. The van der Waals surface area contributed by atoms with Crippen molar-refractivity contribution in [3.8, 4) is 5.75 Å². The number of amides is 1. The number of aromatic nitrogens is 2. The van der Waals surface area contributed by atoms with Crippen LogP contribution in [0, 0.1) is 0 Å². The standard InChI is InChI=1S/C17H17F3N4O4S/c18-17(19,20)11-28-15-4-3-12(29(26,27)24-7-1-2-8-24)9-13(15)23-16(25)14-10-21-5-6-22-14/h3-6,9-10H,1-2,7-8,11H2,(H,23,25). The Bertz CT molecular complexity index is 978. The van der Waals surface area contributed by atoms with Crippen molar-refractivity contribution in [2.24, 2.45) is 0 Å². The average molecular weight is 430 g/mol. The van der Waals surface area contributed by atoms with Crippen LogP contribution in [0.3, 0.4) is 0 Å². The maximum atomic E-state index is 12.7. The van der Waals surface area contributed by atoms with Crippen molar-refractivity contribution in [3.63, 3.8) is 0 Å². The number of hydrogen-bond donors (Lipinski definition) is 1. The Balaban J connectivity index is 1.93. The van der Waals surface area contributed by atoms with E-state index in [0.717, 1.165) is 37.2 Å². The quantitative estimate of drug-likeness (QED) is 0.756. The van der Waals surface area contributed by atoms with Gasteiger partial charge in [-0.2, -0.15) is 17.5 Å². The first-order valence-corrected chi connectivity index (χ1v) is 10.0. The van der Waals surface area contributed by atoms with Crippen molar-refractivity contribution in [3.05, 3.63) is 42.5 Å². The fourth-order valence-electron chi connectivity index (χ4n) is 2.73. The van der Waals surface area contributed by atoms with E-state index in [1.807, 2.05) is 0 Å². The lowest BCUT2D eigenvalue weighted by Gasteiger charge is -2.18. The van der Waals surface area contributed by atoms with E-state index in [-0.39, 0.29) is 22.0 Å². The summed E-state index contributed by atoms with van der Waals surface area (Å²) in [4.78, 5) is 19.7. The Morgan fingerprint density at radius 1 is 1.21 bits per heavy atom. The Morgan fingerprint density at radius 2 is 1.93 bits per heavy atom. The summed E-state index contributed by atoms with van der Waals surface area (Å²) in [5, 5.41) is 2.35. The van der Waals surface area contributed by atoms with Gasteiger partial charge in [-0.15, -0.1) is 0 Å². The van der Waals surface area contributed by atoms with Crippen LogP contribution in [0.1, 0.15) is 23.3 Å². The molecule has 3 rings (SSSR count). The second kappa shape index (κ2) is 8.33. The molecule has 1 N–H and O–H groups in total. The minimum absolute atomic E-state index is 0.0953. The molecule has 0 bridgehead atoms. The van der Waals surface area contributed by atoms with Gasteiger partial charge < -0.3 is 10.1 Å². The molecule has 1 saturated heterocycles. The highest BCUT2D eigenvalue weighted by atomic mass is 32.2. The molecule has 2 heterocycles. The fourth-order valence-corrected chi connectivity index (χ4v) is 4.28. The molecule has 1 amide bonds. The van der Waals surface area contributed by atoms with Gasteiger partial charge in [0.25, 0.3) is 5.91 Å². The van der Waals surface area contributed by atoms with E-state index in [9.17, 15) is 26.4 Å². The van der Waals surface area contributed by atoms with Crippen molar-refractivity contribution < 1.29 is 31.1 Å². The number of nitrogens with one attached hydrogen (secondary N) is 1. The largest absolute Gasteiger partial charge is 0.482 e. The lowest BCUT2D eigenvalue weighted by atomic mass is 10.2. The molecule has 29 heavy (non-hydrogen) atoms. The maximum absolute atomic E-state index is 12.7. The van der Waals surface area contributed by atoms with Crippen molar-refractivity contribution in [1.82, 2.24) is 14.3 Å². The zero-order chi connectivity index (χ0) is 21.1. The van der Waals surface area contributed by atoms with E-state index in [4.69, 9.17) is 4.74 Å². The lowest BCUT2D eigenvalue weighted by molar-refractivity contribution is -0.153. The van der Waals surface area contributed by atoms with Crippen molar-refractivity contribution in [2.75, 3.05) is 25.0 Å². The van der Waals surface area contributed by atoms with Gasteiger partial charge in [-0.1, -0.05) is 0 Å². The van der Waals surface area contributed by atoms with Gasteiger partial charge in [-0.3, -0.25) is 9.78 Å². The minimum atomic E-state index is -4.60. The molecule has 0 spiro atoms. The molecular formula is C17H17F3N4O4S. The number of nitrogens with zero attached hydrogens (tertiary/aromatic N) is 3. The van der Waals surface area contributed by atoms with E-state index in [2.05, 4.69) is 15.3 Å². The normalized spacial score (nSPS) is 15.3. The molecule has 1 aromatic heterocycles. The predicted octanol–water partition coefficient (Wildman–Crippen LogP) is 2.45. The summed E-state index contributed by atoms with van der Waals surface area (Å²) in [5.74, 6) is -1.09. The monoisotopic (exact) mass is 430 g/mol. The van der Waals surface area contributed by atoms with E-state index in [1.165, 1.54) is 16.7 Å². The highest BCUT2D eigenvalue weighted by Gasteiger charge is 2.31. The second-order valence-electron chi connectivity index (χ2n) is 6.22. The summed E-state index contributed by atoms with van der Waals surface area (Å²) >= 11 is 0. The average Bonchev–Trinajstić information content (AvgIpc) is 3.22. The number of hydrogen-bond acceptors (Lipinski definition) is 6. The number of anilines is 1. The molecule has 8 nitrogen and oxygen atoms in total. The van der Waals surface area contributed by atoms with Crippen LogP contribution in [0.15, 0.2) is 41.7 Å². The number of carbonyl (C=O) groups excluding carboxylic acids is 1. The number of sulfonamides is 1.